The van der Waals surface area contributed by atoms with Gasteiger partial charge >= 0.3 is 0 Å². The lowest BCUT2D eigenvalue weighted by Gasteiger charge is -2.33. The number of aliphatic hydroxyl groups excluding tert-OH is 1. The molecule has 2 heterocycles. The maximum atomic E-state index is 13.2. The third-order valence-electron chi connectivity index (χ3n) is 7.33. The van der Waals surface area contributed by atoms with Crippen molar-refractivity contribution < 1.29 is 22.8 Å². The zero-order chi connectivity index (χ0) is 23.5. The molecule has 2 aromatic carbocycles. The molecule has 1 spiro atoms. The van der Waals surface area contributed by atoms with Crippen LogP contribution in [-0.2, 0) is 21.9 Å². The van der Waals surface area contributed by atoms with Crippen LogP contribution in [0.5, 0.6) is 5.75 Å². The number of rotatable bonds is 5. The van der Waals surface area contributed by atoms with Gasteiger partial charge in [-0.3, -0.25) is 4.72 Å². The molecule has 1 atom stereocenters. The maximum Gasteiger partial charge on any atom is 0.266 e. The van der Waals surface area contributed by atoms with Crippen molar-refractivity contribution in [3.05, 3.63) is 53.6 Å². The van der Waals surface area contributed by atoms with Crippen LogP contribution in [0.15, 0.2) is 51.9 Å². The summed E-state index contributed by atoms with van der Waals surface area (Å²) in [5, 5.41) is 14.3. The summed E-state index contributed by atoms with van der Waals surface area (Å²) in [6.07, 6.45) is 4.23. The minimum atomic E-state index is -3.92. The first-order valence-electron chi connectivity index (χ1n) is 11.6. The molecule has 9 heteroatoms. The van der Waals surface area contributed by atoms with Gasteiger partial charge in [0.15, 0.2) is 11.6 Å². The Hall–Kier alpha value is -3.04. The molecule has 1 aromatic heterocycles. The number of aliphatic hydroxyl groups is 1. The molecular weight excluding hydrogens is 454 g/mol. The zero-order valence-electron chi connectivity index (χ0n) is 19.0. The molecule has 3 aromatic rings. The summed E-state index contributed by atoms with van der Waals surface area (Å²) in [6, 6.07) is 12.9. The van der Waals surface area contributed by atoms with Gasteiger partial charge in [-0.25, -0.2) is 8.42 Å². The molecule has 2 fully saturated rings. The highest BCUT2D eigenvalue weighted by Gasteiger charge is 2.50. The van der Waals surface area contributed by atoms with Crippen LogP contribution in [0.1, 0.15) is 36.8 Å². The summed E-state index contributed by atoms with van der Waals surface area (Å²) < 4.78 is 40.0. The Morgan fingerprint density at radius 1 is 1.24 bits per heavy atom. The van der Waals surface area contributed by atoms with E-state index < -0.39 is 10.0 Å². The molecule has 6 rings (SSSR count). The summed E-state index contributed by atoms with van der Waals surface area (Å²) in [7, 11) is -2.48. The SMILES string of the molecule is COc1ccccc1S(=O)(=O)Nc1noc2c1CC1(CC1)c1ccc(N3CCC[C@H](O)C3)cc1-2. The Bertz CT molecular complexity index is 1360. The van der Waals surface area contributed by atoms with E-state index in [-0.39, 0.29) is 28.0 Å². The lowest BCUT2D eigenvalue weighted by molar-refractivity contribution is 0.154. The van der Waals surface area contributed by atoms with E-state index in [4.69, 9.17) is 9.26 Å². The molecule has 0 bridgehead atoms. The van der Waals surface area contributed by atoms with Gasteiger partial charge in [0.1, 0.15) is 10.6 Å². The van der Waals surface area contributed by atoms with Crippen molar-refractivity contribution in [1.29, 1.82) is 0 Å². The standard InChI is InChI=1S/C25H27N3O5S/c1-32-21-6-2-3-7-22(21)34(30,31)27-24-19-14-25(10-11-25)20-9-8-16(13-18(20)23(19)33-26-24)28-12-4-5-17(29)15-28/h2-3,6-9,13,17,29H,4-5,10-12,14-15H2,1H3,(H,26,27)/t17-/m0/s1. The average Bonchev–Trinajstić information content (AvgIpc) is 3.51. The topological polar surface area (TPSA) is 105 Å². The van der Waals surface area contributed by atoms with Gasteiger partial charge in [0.2, 0.25) is 0 Å². The first-order chi connectivity index (χ1) is 16.4. The second-order valence-electron chi connectivity index (χ2n) is 9.52. The number of piperidine rings is 1. The van der Waals surface area contributed by atoms with Crippen LogP contribution < -0.4 is 14.4 Å². The van der Waals surface area contributed by atoms with E-state index in [1.807, 2.05) is 0 Å². The predicted octanol–water partition coefficient (Wildman–Crippen LogP) is 3.70. The molecule has 1 aliphatic heterocycles. The number of sulfonamides is 1. The molecule has 2 N–H and O–H groups in total. The largest absolute Gasteiger partial charge is 0.495 e. The number of hydrogen-bond donors (Lipinski definition) is 2. The molecule has 34 heavy (non-hydrogen) atoms. The van der Waals surface area contributed by atoms with Crippen LogP contribution in [0, 0.1) is 0 Å². The van der Waals surface area contributed by atoms with Crippen molar-refractivity contribution in [2.75, 3.05) is 29.8 Å². The lowest BCUT2D eigenvalue weighted by atomic mass is 9.79. The summed E-state index contributed by atoms with van der Waals surface area (Å²) >= 11 is 0. The monoisotopic (exact) mass is 481 g/mol. The normalized spacial score (nSPS) is 20.5. The number of anilines is 2. The van der Waals surface area contributed by atoms with Crippen molar-refractivity contribution in [3.8, 4) is 17.1 Å². The minimum Gasteiger partial charge on any atom is -0.495 e. The van der Waals surface area contributed by atoms with Crippen LogP contribution in [0.2, 0.25) is 0 Å². The van der Waals surface area contributed by atoms with E-state index in [0.29, 0.717) is 18.7 Å². The summed E-state index contributed by atoms with van der Waals surface area (Å²) in [5.41, 5.74) is 4.02. The zero-order valence-corrected chi connectivity index (χ0v) is 19.8. The third-order valence-corrected chi connectivity index (χ3v) is 8.71. The summed E-state index contributed by atoms with van der Waals surface area (Å²) in [5.74, 6) is 1.12. The Labute approximate surface area is 198 Å². The highest BCUT2D eigenvalue weighted by molar-refractivity contribution is 7.92. The summed E-state index contributed by atoms with van der Waals surface area (Å²) in [4.78, 5) is 2.25. The average molecular weight is 482 g/mol. The molecule has 1 saturated carbocycles. The molecule has 0 unspecified atom stereocenters. The third kappa shape index (κ3) is 3.45. The van der Waals surface area contributed by atoms with Gasteiger partial charge in [0, 0.05) is 35.3 Å². The van der Waals surface area contributed by atoms with Crippen molar-refractivity contribution in [1.82, 2.24) is 5.16 Å². The molecule has 8 nitrogen and oxygen atoms in total. The molecular formula is C25H27N3O5S. The fraction of sp³-hybridized carbons (Fsp3) is 0.400. The quantitative estimate of drug-likeness (QED) is 0.572. The number of ether oxygens (including phenoxy) is 1. The Kier molecular flexibility index (Phi) is 4.90. The Morgan fingerprint density at radius 2 is 2.06 bits per heavy atom. The van der Waals surface area contributed by atoms with Crippen molar-refractivity contribution in [2.24, 2.45) is 0 Å². The molecule has 0 radical (unpaired) electrons. The first-order valence-corrected chi connectivity index (χ1v) is 13.1. The van der Waals surface area contributed by atoms with Crippen molar-refractivity contribution in [2.45, 2.75) is 48.5 Å². The summed E-state index contributed by atoms with van der Waals surface area (Å²) in [6.45, 7) is 1.51. The van der Waals surface area contributed by atoms with Gasteiger partial charge < -0.3 is 19.3 Å². The lowest BCUT2D eigenvalue weighted by Crippen LogP contribution is -2.38. The smallest absolute Gasteiger partial charge is 0.266 e. The Morgan fingerprint density at radius 3 is 2.82 bits per heavy atom. The van der Waals surface area contributed by atoms with Gasteiger partial charge in [0.25, 0.3) is 10.0 Å². The number of β-amino-alcohol motifs (C(OH)–C–C–N with tert-alkyl or cyclic N) is 1. The number of hydrogen-bond acceptors (Lipinski definition) is 7. The van der Waals surface area contributed by atoms with E-state index in [9.17, 15) is 13.5 Å². The van der Waals surface area contributed by atoms with Gasteiger partial charge in [-0.1, -0.05) is 23.4 Å². The van der Waals surface area contributed by atoms with Gasteiger partial charge in [-0.15, -0.1) is 0 Å². The van der Waals surface area contributed by atoms with Crippen molar-refractivity contribution >= 4 is 21.5 Å². The van der Waals surface area contributed by atoms with Gasteiger partial charge in [-0.05, 0) is 61.9 Å². The first kappa shape index (κ1) is 21.5. The number of para-hydroxylation sites is 1. The molecule has 1 saturated heterocycles. The highest BCUT2D eigenvalue weighted by atomic mass is 32.2. The number of benzene rings is 2. The minimum absolute atomic E-state index is 0.00153. The molecule has 178 valence electrons. The highest BCUT2D eigenvalue weighted by Crippen LogP contribution is 2.58. The van der Waals surface area contributed by atoms with Crippen LogP contribution in [0.25, 0.3) is 11.3 Å². The van der Waals surface area contributed by atoms with E-state index in [2.05, 4.69) is 33.0 Å². The number of methoxy groups -OCH3 is 1. The number of fused-ring (bicyclic) bond motifs is 4. The van der Waals surface area contributed by atoms with Crippen molar-refractivity contribution in [3.63, 3.8) is 0 Å². The fourth-order valence-corrected chi connectivity index (χ4v) is 6.59. The van der Waals surface area contributed by atoms with Crippen LogP contribution in [0.3, 0.4) is 0 Å². The van der Waals surface area contributed by atoms with E-state index in [1.54, 1.807) is 18.2 Å². The second-order valence-corrected chi connectivity index (χ2v) is 11.2. The van der Waals surface area contributed by atoms with E-state index in [0.717, 1.165) is 49.0 Å². The van der Waals surface area contributed by atoms with Gasteiger partial charge in [-0.2, -0.15) is 0 Å². The van der Waals surface area contributed by atoms with Crippen LogP contribution >= 0.6 is 0 Å². The van der Waals surface area contributed by atoms with Gasteiger partial charge in [0.05, 0.1) is 13.2 Å². The predicted molar refractivity (Wildman–Crippen MR) is 128 cm³/mol. The number of nitrogens with zero attached hydrogens (tertiary/aromatic N) is 2. The fourth-order valence-electron chi connectivity index (χ4n) is 5.39. The maximum absolute atomic E-state index is 13.2. The molecule has 0 amide bonds. The number of nitrogens with one attached hydrogen (secondary N) is 1. The molecule has 3 aliphatic rings. The number of aromatic nitrogens is 1. The van der Waals surface area contributed by atoms with E-state index in [1.165, 1.54) is 18.7 Å². The van der Waals surface area contributed by atoms with Crippen LogP contribution in [-0.4, -0.2) is 45.0 Å². The van der Waals surface area contributed by atoms with E-state index >= 15 is 0 Å². The van der Waals surface area contributed by atoms with Crippen LogP contribution in [0.4, 0.5) is 11.5 Å². The molecule has 2 aliphatic carbocycles. The Balaban J connectivity index is 1.39. The second kappa shape index (κ2) is 7.74.